The maximum atomic E-state index is 6.53. The zero-order chi connectivity index (χ0) is 29.8. The van der Waals surface area contributed by atoms with Gasteiger partial charge in [0, 0.05) is 13.2 Å². The topological polar surface area (TPSA) is 18.5 Å². The summed E-state index contributed by atoms with van der Waals surface area (Å²) < 4.78 is 11.5. The van der Waals surface area contributed by atoms with E-state index in [0.717, 1.165) is 37.6 Å². The third kappa shape index (κ3) is 18.7. The Labute approximate surface area is 261 Å². The van der Waals surface area contributed by atoms with E-state index in [2.05, 4.69) is 62.4 Å². The van der Waals surface area contributed by atoms with Crippen molar-refractivity contribution >= 4 is 0 Å². The minimum absolute atomic E-state index is 1.00. The molecule has 0 radical (unpaired) electrons. The zero-order valence-corrected chi connectivity index (χ0v) is 27.8. The van der Waals surface area contributed by atoms with Crippen LogP contribution < -0.4 is 4.74 Å². The van der Waals surface area contributed by atoms with Crippen molar-refractivity contribution in [1.29, 1.82) is 0 Å². The summed E-state index contributed by atoms with van der Waals surface area (Å²) in [7, 11) is 0. The lowest BCUT2D eigenvalue weighted by Crippen LogP contribution is -1.96. The number of hydrogen-bond acceptors (Lipinski definition) is 2. The predicted molar refractivity (Wildman–Crippen MR) is 184 cm³/mol. The van der Waals surface area contributed by atoms with Gasteiger partial charge in [0.1, 0.15) is 11.5 Å². The maximum absolute atomic E-state index is 6.53. The summed E-state index contributed by atoms with van der Waals surface area (Å²) in [6, 6.07) is 17.4. The van der Waals surface area contributed by atoms with Gasteiger partial charge < -0.3 is 9.47 Å². The fourth-order valence-corrected chi connectivity index (χ4v) is 5.85. The van der Waals surface area contributed by atoms with Gasteiger partial charge in [-0.3, -0.25) is 0 Å². The number of aryl methyl sites for hydroxylation is 2. The fraction of sp³-hybridized carbons (Fsp3) is 0.700. The van der Waals surface area contributed by atoms with Gasteiger partial charge in [0.05, 0.1) is 0 Å². The number of rotatable bonds is 24. The van der Waals surface area contributed by atoms with E-state index in [1.165, 1.54) is 152 Å². The lowest BCUT2D eigenvalue weighted by atomic mass is 10.0. The van der Waals surface area contributed by atoms with Crippen LogP contribution in [0.4, 0.5) is 0 Å². The minimum Gasteiger partial charge on any atom is -0.457 e. The molecule has 1 heterocycles. The van der Waals surface area contributed by atoms with Crippen molar-refractivity contribution in [2.24, 2.45) is 0 Å². The van der Waals surface area contributed by atoms with Crippen molar-refractivity contribution in [1.82, 2.24) is 0 Å². The smallest absolute Gasteiger partial charge is 0.130 e. The summed E-state index contributed by atoms with van der Waals surface area (Å²) in [5.41, 5.74) is 2.71. The first-order valence-corrected chi connectivity index (χ1v) is 18.3. The molecule has 0 aromatic heterocycles. The van der Waals surface area contributed by atoms with Crippen LogP contribution >= 0.6 is 0 Å². The van der Waals surface area contributed by atoms with Crippen molar-refractivity contribution in [3.63, 3.8) is 0 Å². The second kappa shape index (κ2) is 26.8. The highest BCUT2D eigenvalue weighted by Gasteiger charge is 2.08. The maximum Gasteiger partial charge on any atom is 0.130 e. The molecule has 2 heteroatoms. The Morgan fingerprint density at radius 1 is 0.452 bits per heavy atom. The van der Waals surface area contributed by atoms with Crippen LogP contribution in [0.1, 0.15) is 166 Å². The lowest BCUT2D eigenvalue weighted by molar-refractivity contribution is 0.198. The van der Waals surface area contributed by atoms with Crippen LogP contribution in [-0.2, 0) is 17.6 Å². The molecule has 1 aliphatic heterocycles. The van der Waals surface area contributed by atoms with Crippen LogP contribution in [0.2, 0.25) is 0 Å². The molecule has 2 nitrogen and oxygen atoms in total. The Morgan fingerprint density at radius 3 is 1.12 bits per heavy atom. The highest BCUT2D eigenvalue weighted by atomic mass is 16.5. The van der Waals surface area contributed by atoms with Gasteiger partial charge in [-0.1, -0.05) is 166 Å². The minimum atomic E-state index is 1.00. The number of ether oxygens (including phenoxy) is 2. The van der Waals surface area contributed by atoms with E-state index in [-0.39, 0.29) is 0 Å². The summed E-state index contributed by atoms with van der Waals surface area (Å²) >= 11 is 0. The summed E-state index contributed by atoms with van der Waals surface area (Å²) in [5, 5.41) is 0. The molecular formula is C40H66O2. The van der Waals surface area contributed by atoms with Gasteiger partial charge in [0.15, 0.2) is 0 Å². The van der Waals surface area contributed by atoms with Gasteiger partial charge in [-0.2, -0.15) is 0 Å². The Hall–Kier alpha value is -1.80. The highest BCUT2D eigenvalue weighted by molar-refractivity contribution is 5.41. The van der Waals surface area contributed by atoms with Crippen molar-refractivity contribution < 1.29 is 9.47 Å². The highest BCUT2D eigenvalue weighted by Crippen LogP contribution is 2.30. The van der Waals surface area contributed by atoms with E-state index in [4.69, 9.17) is 9.47 Å². The third-order valence-corrected chi connectivity index (χ3v) is 8.59. The Balaban J connectivity index is 0.00000111. The molecule has 0 aliphatic carbocycles. The van der Waals surface area contributed by atoms with Crippen molar-refractivity contribution in [3.8, 4) is 11.5 Å². The first kappa shape index (κ1) is 36.4. The Morgan fingerprint density at radius 2 is 0.786 bits per heavy atom. The SMILES string of the molecule is C1CCOC1.CCCCCCCCCCCCc1ccccc1Oc1ccccc1CCCCCCCCCCCC. The van der Waals surface area contributed by atoms with Crippen LogP contribution in [0.25, 0.3) is 0 Å². The molecule has 3 rings (SSSR count). The molecule has 0 saturated carbocycles. The molecule has 0 N–H and O–H groups in total. The third-order valence-electron chi connectivity index (χ3n) is 8.59. The molecule has 42 heavy (non-hydrogen) atoms. The Kier molecular flexibility index (Phi) is 23.2. The number of hydrogen-bond donors (Lipinski definition) is 0. The van der Waals surface area contributed by atoms with E-state index in [9.17, 15) is 0 Å². The standard InChI is InChI=1S/C36H58O.C4H8O/c1-3-5-7-9-11-13-15-17-19-21-27-33-29-23-25-31-35(33)37-36-32-26-24-30-34(36)28-22-20-18-16-14-12-10-8-6-4-2;1-2-4-5-3-1/h23-26,29-32H,3-22,27-28H2,1-2H3;1-4H2. The first-order valence-electron chi connectivity index (χ1n) is 18.3. The second-order valence-corrected chi connectivity index (χ2v) is 12.5. The van der Waals surface area contributed by atoms with Crippen LogP contribution in [0, 0.1) is 0 Å². The van der Waals surface area contributed by atoms with E-state index < -0.39 is 0 Å². The molecule has 238 valence electrons. The number of benzene rings is 2. The summed E-state index contributed by atoms with van der Waals surface area (Å²) in [6.45, 7) is 6.59. The van der Waals surface area contributed by atoms with Gasteiger partial charge in [-0.05, 0) is 61.8 Å². The number of unbranched alkanes of at least 4 members (excludes halogenated alkanes) is 18. The molecule has 0 bridgehead atoms. The summed E-state index contributed by atoms with van der Waals surface area (Å²) in [6.07, 6.45) is 32.4. The molecule has 2 aromatic rings. The second-order valence-electron chi connectivity index (χ2n) is 12.5. The number of para-hydroxylation sites is 2. The monoisotopic (exact) mass is 579 g/mol. The fourth-order valence-electron chi connectivity index (χ4n) is 5.85. The normalized spacial score (nSPS) is 12.7. The van der Waals surface area contributed by atoms with Crippen molar-refractivity contribution in [3.05, 3.63) is 59.7 Å². The Bertz CT molecular complexity index is 783. The van der Waals surface area contributed by atoms with E-state index in [1.807, 2.05) is 0 Å². The molecule has 0 spiro atoms. The van der Waals surface area contributed by atoms with Gasteiger partial charge in [-0.25, -0.2) is 0 Å². The molecule has 1 aliphatic rings. The first-order chi connectivity index (χ1) is 20.8. The molecule has 2 aromatic carbocycles. The van der Waals surface area contributed by atoms with Crippen LogP contribution in [0.15, 0.2) is 48.5 Å². The van der Waals surface area contributed by atoms with Gasteiger partial charge in [0.2, 0.25) is 0 Å². The molecule has 0 unspecified atom stereocenters. The van der Waals surface area contributed by atoms with E-state index >= 15 is 0 Å². The average molecular weight is 579 g/mol. The van der Waals surface area contributed by atoms with E-state index in [1.54, 1.807) is 0 Å². The van der Waals surface area contributed by atoms with Gasteiger partial charge >= 0.3 is 0 Å². The summed E-state index contributed by atoms with van der Waals surface area (Å²) in [4.78, 5) is 0. The van der Waals surface area contributed by atoms with Crippen LogP contribution in [0.5, 0.6) is 11.5 Å². The van der Waals surface area contributed by atoms with Gasteiger partial charge in [-0.15, -0.1) is 0 Å². The quantitative estimate of drug-likeness (QED) is 0.115. The van der Waals surface area contributed by atoms with Crippen LogP contribution in [-0.4, -0.2) is 13.2 Å². The van der Waals surface area contributed by atoms with Gasteiger partial charge in [0.25, 0.3) is 0 Å². The molecular weight excluding hydrogens is 512 g/mol. The molecule has 1 fully saturated rings. The van der Waals surface area contributed by atoms with Crippen molar-refractivity contribution in [2.75, 3.05) is 13.2 Å². The molecule has 0 atom stereocenters. The lowest BCUT2D eigenvalue weighted by Gasteiger charge is -2.14. The largest absolute Gasteiger partial charge is 0.457 e. The van der Waals surface area contributed by atoms with E-state index in [0.29, 0.717) is 0 Å². The van der Waals surface area contributed by atoms with Crippen molar-refractivity contribution in [2.45, 2.75) is 168 Å². The zero-order valence-electron chi connectivity index (χ0n) is 27.8. The average Bonchev–Trinajstić information content (AvgIpc) is 3.61. The molecule has 0 amide bonds. The summed E-state index contributed by atoms with van der Waals surface area (Å²) in [5.74, 6) is 2.10. The van der Waals surface area contributed by atoms with Crippen LogP contribution in [0.3, 0.4) is 0 Å². The molecule has 1 saturated heterocycles. The predicted octanol–water partition coefficient (Wildman–Crippen LogP) is 13.2.